The van der Waals surface area contributed by atoms with Gasteiger partial charge >= 0.3 is 0 Å². The molecule has 0 radical (unpaired) electrons. The molecule has 66 valence electrons. The Morgan fingerprint density at radius 3 is 2.50 bits per heavy atom. The predicted molar refractivity (Wildman–Crippen MR) is 40.3 cm³/mol. The molecule has 0 aliphatic rings. The van der Waals surface area contributed by atoms with Crippen LogP contribution in [0.15, 0.2) is 30.3 Å². The van der Waals surface area contributed by atoms with Crippen molar-refractivity contribution >= 4 is 11.4 Å². The van der Waals surface area contributed by atoms with Gasteiger partial charge < -0.3 is 4.55 Å². The maximum atomic E-state index is 12.8. The smallest absolute Gasteiger partial charge is 0.238 e. The fourth-order valence-corrected chi connectivity index (χ4v) is 0.978. The third-order valence-electron chi connectivity index (χ3n) is 1.22. The molecule has 0 fully saturated rings. The van der Waals surface area contributed by atoms with Crippen LogP contribution in [0, 0.1) is 0 Å². The summed E-state index contributed by atoms with van der Waals surface area (Å²) in [4.78, 5) is 0. The van der Waals surface area contributed by atoms with E-state index in [-0.39, 0.29) is 5.56 Å². The molecule has 1 aromatic carbocycles. The second kappa shape index (κ2) is 4.30. The van der Waals surface area contributed by atoms with Crippen LogP contribution in [-0.2, 0) is 15.5 Å². The van der Waals surface area contributed by atoms with Crippen LogP contribution in [0.5, 0.6) is 0 Å². The summed E-state index contributed by atoms with van der Waals surface area (Å²) in [6.07, 6.45) is -1.91. The number of hydrogen-bond donors (Lipinski definition) is 0. The summed E-state index contributed by atoms with van der Waals surface area (Å²) < 4.78 is 36.5. The normalized spacial score (nSPS) is 15.5. The lowest BCUT2D eigenvalue weighted by Gasteiger charge is -2.10. The first kappa shape index (κ1) is 9.31. The van der Waals surface area contributed by atoms with Crippen LogP contribution in [0.1, 0.15) is 11.9 Å². The van der Waals surface area contributed by atoms with Crippen molar-refractivity contribution in [2.24, 2.45) is 0 Å². The van der Waals surface area contributed by atoms with Crippen LogP contribution in [0.25, 0.3) is 0 Å². The first-order valence-electron chi connectivity index (χ1n) is 3.15. The number of benzene rings is 1. The lowest BCUT2D eigenvalue weighted by molar-refractivity contribution is 0.0710. The Morgan fingerprint density at radius 2 is 2.00 bits per heavy atom. The van der Waals surface area contributed by atoms with Crippen molar-refractivity contribution in [3.05, 3.63) is 35.9 Å². The van der Waals surface area contributed by atoms with Crippen molar-refractivity contribution in [3.8, 4) is 0 Å². The van der Waals surface area contributed by atoms with Gasteiger partial charge in [0.15, 0.2) is 0 Å². The molecule has 5 heteroatoms. The number of hydrogen-bond acceptors (Lipinski definition) is 3. The summed E-state index contributed by atoms with van der Waals surface area (Å²) >= 11 is -2.82. The van der Waals surface area contributed by atoms with Crippen LogP contribution in [0.4, 0.5) is 4.39 Å². The molecule has 0 N–H and O–H groups in total. The van der Waals surface area contributed by atoms with E-state index in [1.54, 1.807) is 18.2 Å². The standard InChI is InChI=1S/C7H7FO3S/c8-7(11-12(9)10)6-4-2-1-3-5-6/h1-5,7H,(H,9,10)/p-1. The van der Waals surface area contributed by atoms with Crippen LogP contribution in [-0.4, -0.2) is 8.76 Å². The zero-order valence-electron chi connectivity index (χ0n) is 5.98. The Kier molecular flexibility index (Phi) is 3.33. The van der Waals surface area contributed by atoms with Gasteiger partial charge in [-0.2, -0.15) is 0 Å². The summed E-state index contributed by atoms with van der Waals surface area (Å²) in [6.45, 7) is 0. The quantitative estimate of drug-likeness (QED) is 0.676. The molecule has 12 heavy (non-hydrogen) atoms. The molecule has 0 amide bonds. The summed E-state index contributed by atoms with van der Waals surface area (Å²) in [5.74, 6) is 0. The molecule has 2 unspecified atom stereocenters. The predicted octanol–water partition coefficient (Wildman–Crippen LogP) is 1.47. The highest BCUT2D eigenvalue weighted by Gasteiger charge is 2.08. The molecule has 0 heterocycles. The minimum absolute atomic E-state index is 0.182. The molecule has 2 atom stereocenters. The maximum Gasteiger partial charge on any atom is 0.238 e. The lowest BCUT2D eigenvalue weighted by atomic mass is 10.2. The number of alkyl halides is 1. The van der Waals surface area contributed by atoms with Gasteiger partial charge in [-0.05, 0) is 0 Å². The second-order valence-corrected chi connectivity index (χ2v) is 2.63. The Hall–Kier alpha value is -0.780. The summed E-state index contributed by atoms with van der Waals surface area (Å²) in [7, 11) is 0. The fraction of sp³-hybridized carbons (Fsp3) is 0.143. The van der Waals surface area contributed by atoms with E-state index >= 15 is 0 Å². The molecular formula is C7H6FO3S-. The molecule has 0 spiro atoms. The first-order valence-corrected chi connectivity index (χ1v) is 4.15. The van der Waals surface area contributed by atoms with E-state index in [0.717, 1.165) is 0 Å². The molecule has 0 aromatic heterocycles. The van der Waals surface area contributed by atoms with Crippen molar-refractivity contribution in [1.82, 2.24) is 0 Å². The molecule has 0 saturated carbocycles. The summed E-state index contributed by atoms with van der Waals surface area (Å²) in [5, 5.41) is 0. The molecule has 0 saturated heterocycles. The van der Waals surface area contributed by atoms with E-state index < -0.39 is 17.7 Å². The average Bonchev–Trinajstić information content (AvgIpc) is 2.05. The minimum Gasteiger partial charge on any atom is -0.750 e. The molecule has 1 aromatic rings. The molecule has 0 aliphatic carbocycles. The van der Waals surface area contributed by atoms with Gasteiger partial charge in [0.25, 0.3) is 0 Å². The summed E-state index contributed by atoms with van der Waals surface area (Å²) in [5.41, 5.74) is 0.182. The SMILES string of the molecule is O=S([O-])OC(F)c1ccccc1. The largest absolute Gasteiger partial charge is 0.750 e. The molecular weight excluding hydrogens is 183 g/mol. The van der Waals surface area contributed by atoms with Gasteiger partial charge in [-0.25, -0.2) is 8.60 Å². The van der Waals surface area contributed by atoms with E-state index in [1.165, 1.54) is 12.1 Å². The number of halogens is 1. The first-order chi connectivity index (χ1) is 5.70. The van der Waals surface area contributed by atoms with Gasteiger partial charge in [0.2, 0.25) is 6.36 Å². The zero-order valence-corrected chi connectivity index (χ0v) is 6.79. The third kappa shape index (κ3) is 2.69. The van der Waals surface area contributed by atoms with Crippen LogP contribution >= 0.6 is 0 Å². The fourth-order valence-electron chi connectivity index (χ4n) is 0.729. The van der Waals surface area contributed by atoms with Crippen LogP contribution in [0.2, 0.25) is 0 Å². The topological polar surface area (TPSA) is 49.4 Å². The Morgan fingerprint density at radius 1 is 1.42 bits per heavy atom. The molecule has 3 nitrogen and oxygen atoms in total. The second-order valence-electron chi connectivity index (χ2n) is 2.03. The molecule has 0 aliphatic heterocycles. The Labute approximate surface area is 71.7 Å². The van der Waals surface area contributed by atoms with Gasteiger partial charge in [0, 0.05) is 5.56 Å². The molecule has 1 rings (SSSR count). The Bertz CT molecular complexity index is 265. The van der Waals surface area contributed by atoms with Crippen molar-refractivity contribution in [1.29, 1.82) is 0 Å². The van der Waals surface area contributed by atoms with Crippen molar-refractivity contribution in [2.45, 2.75) is 6.36 Å². The molecule has 0 bridgehead atoms. The van der Waals surface area contributed by atoms with Crippen LogP contribution < -0.4 is 0 Å². The van der Waals surface area contributed by atoms with Gasteiger partial charge in [-0.3, -0.25) is 4.18 Å². The maximum absolute atomic E-state index is 12.8. The highest BCUT2D eigenvalue weighted by molar-refractivity contribution is 7.74. The number of rotatable bonds is 3. The van der Waals surface area contributed by atoms with Gasteiger partial charge in [0.1, 0.15) is 0 Å². The average molecular weight is 189 g/mol. The van der Waals surface area contributed by atoms with E-state index in [1.807, 2.05) is 0 Å². The highest BCUT2D eigenvalue weighted by atomic mass is 32.2. The van der Waals surface area contributed by atoms with E-state index in [0.29, 0.717) is 0 Å². The van der Waals surface area contributed by atoms with Gasteiger partial charge in [-0.1, -0.05) is 30.3 Å². The minimum atomic E-state index is -2.82. The van der Waals surface area contributed by atoms with Gasteiger partial charge in [0.05, 0.1) is 11.4 Å². The highest BCUT2D eigenvalue weighted by Crippen LogP contribution is 2.18. The third-order valence-corrected chi connectivity index (χ3v) is 1.55. The Balaban J connectivity index is 2.65. The van der Waals surface area contributed by atoms with E-state index in [9.17, 15) is 13.2 Å². The lowest BCUT2D eigenvalue weighted by Crippen LogP contribution is -2.00. The summed E-state index contributed by atoms with van der Waals surface area (Å²) in [6, 6.07) is 7.78. The van der Waals surface area contributed by atoms with Crippen LogP contribution in [0.3, 0.4) is 0 Å². The van der Waals surface area contributed by atoms with Crippen molar-refractivity contribution < 1.29 is 17.3 Å². The van der Waals surface area contributed by atoms with Crippen molar-refractivity contribution in [2.75, 3.05) is 0 Å². The van der Waals surface area contributed by atoms with Gasteiger partial charge in [-0.15, -0.1) is 0 Å². The monoisotopic (exact) mass is 189 g/mol. The van der Waals surface area contributed by atoms with Crippen molar-refractivity contribution in [3.63, 3.8) is 0 Å². The van der Waals surface area contributed by atoms with E-state index in [4.69, 9.17) is 0 Å². The zero-order chi connectivity index (χ0) is 8.97. The van der Waals surface area contributed by atoms with E-state index in [2.05, 4.69) is 4.18 Å².